The SMILES string of the molecule is Nc1cc(-c2cccc(CC(F)F)c2)[nH]n1. The third-order valence-electron chi connectivity index (χ3n) is 2.23. The monoisotopic (exact) mass is 223 g/mol. The van der Waals surface area contributed by atoms with Gasteiger partial charge in [0.2, 0.25) is 6.43 Å². The molecule has 2 aromatic rings. The fraction of sp³-hybridized carbons (Fsp3) is 0.182. The molecule has 1 aromatic heterocycles. The summed E-state index contributed by atoms with van der Waals surface area (Å²) in [4.78, 5) is 0. The Labute approximate surface area is 91.3 Å². The van der Waals surface area contributed by atoms with Crippen molar-refractivity contribution < 1.29 is 8.78 Å². The van der Waals surface area contributed by atoms with E-state index in [-0.39, 0.29) is 6.42 Å². The summed E-state index contributed by atoms with van der Waals surface area (Å²) >= 11 is 0. The van der Waals surface area contributed by atoms with Gasteiger partial charge in [-0.3, -0.25) is 5.10 Å². The number of hydrogen-bond acceptors (Lipinski definition) is 2. The number of halogens is 2. The number of aromatic amines is 1. The highest BCUT2D eigenvalue weighted by Crippen LogP contribution is 2.20. The zero-order chi connectivity index (χ0) is 11.5. The van der Waals surface area contributed by atoms with Crippen molar-refractivity contribution in [3.05, 3.63) is 35.9 Å². The van der Waals surface area contributed by atoms with Crippen LogP contribution < -0.4 is 5.73 Å². The molecule has 0 aliphatic rings. The molecular formula is C11H11F2N3. The van der Waals surface area contributed by atoms with Gasteiger partial charge in [-0.15, -0.1) is 0 Å². The van der Waals surface area contributed by atoms with E-state index in [2.05, 4.69) is 10.2 Å². The molecule has 0 fully saturated rings. The molecule has 3 nitrogen and oxygen atoms in total. The molecule has 0 aliphatic carbocycles. The van der Waals surface area contributed by atoms with Crippen LogP contribution in [0.3, 0.4) is 0 Å². The number of nitrogens with two attached hydrogens (primary N) is 1. The van der Waals surface area contributed by atoms with Crippen LogP contribution in [-0.2, 0) is 6.42 Å². The molecule has 0 atom stereocenters. The molecule has 1 aromatic carbocycles. The number of H-pyrrole nitrogens is 1. The van der Waals surface area contributed by atoms with E-state index in [1.165, 1.54) is 0 Å². The molecule has 0 saturated heterocycles. The van der Waals surface area contributed by atoms with Crippen LogP contribution in [0.15, 0.2) is 30.3 Å². The summed E-state index contributed by atoms with van der Waals surface area (Å²) in [6.45, 7) is 0. The van der Waals surface area contributed by atoms with E-state index in [9.17, 15) is 8.78 Å². The highest BCUT2D eigenvalue weighted by molar-refractivity contribution is 5.62. The molecule has 2 rings (SSSR count). The molecule has 0 bridgehead atoms. The number of nitrogens with one attached hydrogen (secondary N) is 1. The first kappa shape index (κ1) is 10.6. The molecular weight excluding hydrogens is 212 g/mol. The van der Waals surface area contributed by atoms with Crippen LogP contribution in [-0.4, -0.2) is 16.6 Å². The molecule has 0 aliphatic heterocycles. The van der Waals surface area contributed by atoms with Crippen LogP contribution in [0.25, 0.3) is 11.3 Å². The molecule has 0 saturated carbocycles. The van der Waals surface area contributed by atoms with E-state index in [1.807, 2.05) is 6.07 Å². The van der Waals surface area contributed by atoms with Crippen LogP contribution in [0.1, 0.15) is 5.56 Å². The van der Waals surface area contributed by atoms with Gasteiger partial charge in [-0.25, -0.2) is 8.78 Å². The van der Waals surface area contributed by atoms with E-state index in [0.29, 0.717) is 11.4 Å². The Bertz CT molecular complexity index is 480. The lowest BCUT2D eigenvalue weighted by atomic mass is 10.1. The lowest BCUT2D eigenvalue weighted by molar-refractivity contribution is 0.149. The average Bonchev–Trinajstić information content (AvgIpc) is 2.64. The second kappa shape index (κ2) is 4.30. The fourth-order valence-corrected chi connectivity index (χ4v) is 1.53. The van der Waals surface area contributed by atoms with Crippen molar-refractivity contribution in [2.75, 3.05) is 5.73 Å². The van der Waals surface area contributed by atoms with Crippen molar-refractivity contribution in [1.82, 2.24) is 10.2 Å². The maximum atomic E-state index is 12.2. The molecule has 3 N–H and O–H groups in total. The fourth-order valence-electron chi connectivity index (χ4n) is 1.53. The topological polar surface area (TPSA) is 54.7 Å². The van der Waals surface area contributed by atoms with Crippen molar-refractivity contribution in [2.24, 2.45) is 0 Å². The summed E-state index contributed by atoms with van der Waals surface area (Å²) in [7, 11) is 0. The Hall–Kier alpha value is -1.91. The van der Waals surface area contributed by atoms with Gasteiger partial charge in [0.15, 0.2) is 0 Å². The van der Waals surface area contributed by atoms with Crippen LogP contribution in [0.5, 0.6) is 0 Å². The zero-order valence-corrected chi connectivity index (χ0v) is 8.45. The van der Waals surface area contributed by atoms with Gasteiger partial charge in [-0.2, -0.15) is 5.10 Å². The third kappa shape index (κ3) is 2.36. The van der Waals surface area contributed by atoms with Crippen molar-refractivity contribution in [3.63, 3.8) is 0 Å². The van der Waals surface area contributed by atoms with Crippen molar-refractivity contribution in [3.8, 4) is 11.3 Å². The Morgan fingerprint density at radius 1 is 1.31 bits per heavy atom. The van der Waals surface area contributed by atoms with Gasteiger partial charge in [0.1, 0.15) is 5.82 Å². The first-order valence-corrected chi connectivity index (χ1v) is 4.83. The number of hydrogen-bond donors (Lipinski definition) is 2. The van der Waals surface area contributed by atoms with E-state index >= 15 is 0 Å². The summed E-state index contributed by atoms with van der Waals surface area (Å²) in [6, 6.07) is 8.61. The predicted molar refractivity (Wildman–Crippen MR) is 58.1 cm³/mol. The number of aromatic nitrogens is 2. The van der Waals surface area contributed by atoms with Gasteiger partial charge in [0.05, 0.1) is 5.69 Å². The Balaban J connectivity index is 2.28. The number of rotatable bonds is 3. The second-order valence-corrected chi connectivity index (χ2v) is 3.50. The first-order chi connectivity index (χ1) is 7.65. The summed E-state index contributed by atoms with van der Waals surface area (Å²) in [5.41, 5.74) is 7.61. The van der Waals surface area contributed by atoms with Gasteiger partial charge >= 0.3 is 0 Å². The van der Waals surface area contributed by atoms with Crippen LogP contribution in [0.4, 0.5) is 14.6 Å². The largest absolute Gasteiger partial charge is 0.382 e. The smallest absolute Gasteiger partial charge is 0.242 e. The van der Waals surface area contributed by atoms with Crippen LogP contribution in [0, 0.1) is 0 Å². The van der Waals surface area contributed by atoms with Gasteiger partial charge < -0.3 is 5.73 Å². The predicted octanol–water partition coefficient (Wildman–Crippen LogP) is 2.47. The standard InChI is InChI=1S/C11H11F2N3/c12-10(13)5-7-2-1-3-8(4-7)9-6-11(14)16-15-9/h1-4,6,10H,5H2,(H3,14,15,16). The molecule has 1 heterocycles. The third-order valence-corrected chi connectivity index (χ3v) is 2.23. The maximum Gasteiger partial charge on any atom is 0.242 e. The van der Waals surface area contributed by atoms with Crippen molar-refractivity contribution >= 4 is 5.82 Å². The van der Waals surface area contributed by atoms with Crippen LogP contribution >= 0.6 is 0 Å². The van der Waals surface area contributed by atoms with Crippen molar-refractivity contribution in [1.29, 1.82) is 0 Å². The zero-order valence-electron chi connectivity index (χ0n) is 8.45. The number of nitrogen functional groups attached to an aromatic ring is 1. The van der Waals surface area contributed by atoms with Gasteiger partial charge in [0, 0.05) is 12.5 Å². The lowest BCUT2D eigenvalue weighted by Gasteiger charge is -2.02. The lowest BCUT2D eigenvalue weighted by Crippen LogP contribution is -1.96. The number of anilines is 1. The molecule has 5 heteroatoms. The number of benzene rings is 1. The molecule has 0 spiro atoms. The molecule has 0 amide bonds. The molecule has 16 heavy (non-hydrogen) atoms. The summed E-state index contributed by atoms with van der Waals surface area (Å²) in [6.07, 6.45) is -2.57. The second-order valence-electron chi connectivity index (χ2n) is 3.50. The minimum Gasteiger partial charge on any atom is -0.382 e. The van der Waals surface area contributed by atoms with Gasteiger partial charge in [0.25, 0.3) is 0 Å². The maximum absolute atomic E-state index is 12.2. The van der Waals surface area contributed by atoms with Gasteiger partial charge in [-0.1, -0.05) is 18.2 Å². The first-order valence-electron chi connectivity index (χ1n) is 4.83. The summed E-state index contributed by atoms with van der Waals surface area (Å²) < 4.78 is 24.4. The van der Waals surface area contributed by atoms with Crippen molar-refractivity contribution in [2.45, 2.75) is 12.8 Å². The average molecular weight is 223 g/mol. The van der Waals surface area contributed by atoms with Gasteiger partial charge in [-0.05, 0) is 17.2 Å². The van der Waals surface area contributed by atoms with E-state index in [0.717, 1.165) is 11.3 Å². The Kier molecular flexibility index (Phi) is 2.85. The Morgan fingerprint density at radius 3 is 2.75 bits per heavy atom. The van der Waals surface area contributed by atoms with E-state index < -0.39 is 6.43 Å². The highest BCUT2D eigenvalue weighted by Gasteiger charge is 2.06. The molecule has 0 radical (unpaired) electrons. The summed E-state index contributed by atoms with van der Waals surface area (Å²) in [5, 5.41) is 6.53. The normalized spacial score (nSPS) is 10.9. The highest BCUT2D eigenvalue weighted by atomic mass is 19.3. The van der Waals surface area contributed by atoms with Crippen LogP contribution in [0.2, 0.25) is 0 Å². The summed E-state index contributed by atoms with van der Waals surface area (Å²) in [5.74, 6) is 0.384. The quantitative estimate of drug-likeness (QED) is 0.839. The molecule has 0 unspecified atom stereocenters. The minimum atomic E-state index is -2.33. The minimum absolute atomic E-state index is 0.239. The van der Waals surface area contributed by atoms with E-state index in [4.69, 9.17) is 5.73 Å². The number of nitrogens with zero attached hydrogens (tertiary/aromatic N) is 1. The Morgan fingerprint density at radius 2 is 2.12 bits per heavy atom. The van der Waals surface area contributed by atoms with E-state index in [1.54, 1.807) is 24.3 Å². The molecule has 84 valence electrons. The number of alkyl halides is 2.